The zero-order valence-electron chi connectivity index (χ0n) is 9.51. The van der Waals surface area contributed by atoms with Crippen LogP contribution in [0.1, 0.15) is 10.4 Å². The maximum atomic E-state index is 11.8. The van der Waals surface area contributed by atoms with Gasteiger partial charge in [-0.15, -0.1) is 0 Å². The molecule has 1 amide bonds. The Morgan fingerprint density at radius 3 is 2.78 bits per heavy atom. The number of rotatable bonds is 5. The van der Waals surface area contributed by atoms with E-state index in [2.05, 4.69) is 5.32 Å². The standard InChI is InChI=1S/C10H11IN2O4S/c1-18(17)5-4-12-10(14)8-6-7(13(15)16)2-3-9(8)11/h2-3,6H,4-5H2,1H3,(H,12,14). The molecular weight excluding hydrogens is 371 g/mol. The Bertz CT molecular complexity index is 507. The van der Waals surface area contributed by atoms with E-state index in [9.17, 15) is 19.1 Å². The molecule has 0 saturated heterocycles. The van der Waals surface area contributed by atoms with E-state index in [1.165, 1.54) is 18.2 Å². The van der Waals surface area contributed by atoms with Gasteiger partial charge in [0.25, 0.3) is 11.6 Å². The van der Waals surface area contributed by atoms with Crippen LogP contribution < -0.4 is 5.32 Å². The van der Waals surface area contributed by atoms with Crippen molar-refractivity contribution in [2.24, 2.45) is 0 Å². The van der Waals surface area contributed by atoms with Crippen LogP contribution in [0.4, 0.5) is 5.69 Å². The van der Waals surface area contributed by atoms with Crippen LogP contribution in [0.5, 0.6) is 0 Å². The Labute approximate surface area is 120 Å². The molecule has 1 rings (SSSR count). The molecular formula is C10H11IN2O4S. The number of hydrogen-bond donors (Lipinski definition) is 1. The molecule has 1 unspecified atom stereocenters. The summed E-state index contributed by atoms with van der Waals surface area (Å²) in [5.74, 6) is -0.0365. The van der Waals surface area contributed by atoms with Crippen molar-refractivity contribution in [3.63, 3.8) is 0 Å². The summed E-state index contributed by atoms with van der Waals surface area (Å²) >= 11 is 1.94. The molecule has 6 nitrogen and oxygen atoms in total. The highest BCUT2D eigenvalue weighted by Gasteiger charge is 2.15. The summed E-state index contributed by atoms with van der Waals surface area (Å²) in [6.07, 6.45) is 1.54. The number of nitrogens with zero attached hydrogens (tertiary/aromatic N) is 1. The number of carbonyl (C=O) groups excluding carboxylic acids is 1. The molecule has 1 aromatic rings. The maximum Gasteiger partial charge on any atom is 0.270 e. The molecule has 0 aliphatic carbocycles. The highest BCUT2D eigenvalue weighted by atomic mass is 127. The van der Waals surface area contributed by atoms with E-state index in [-0.39, 0.29) is 17.8 Å². The quantitative estimate of drug-likeness (QED) is 0.473. The van der Waals surface area contributed by atoms with Crippen LogP contribution in [-0.4, -0.2) is 33.6 Å². The van der Waals surface area contributed by atoms with E-state index in [1.807, 2.05) is 22.6 Å². The van der Waals surface area contributed by atoms with Gasteiger partial charge in [-0.1, -0.05) is 0 Å². The molecule has 0 bridgehead atoms. The van der Waals surface area contributed by atoms with Crippen molar-refractivity contribution >= 4 is 45.0 Å². The first kappa shape index (κ1) is 15.0. The number of halogens is 1. The van der Waals surface area contributed by atoms with E-state index in [1.54, 1.807) is 6.26 Å². The fraction of sp³-hybridized carbons (Fsp3) is 0.300. The number of amides is 1. The van der Waals surface area contributed by atoms with Gasteiger partial charge in [-0.25, -0.2) is 0 Å². The van der Waals surface area contributed by atoms with Crippen molar-refractivity contribution in [1.82, 2.24) is 5.32 Å². The maximum absolute atomic E-state index is 11.8. The molecule has 0 aromatic heterocycles. The highest BCUT2D eigenvalue weighted by Crippen LogP contribution is 2.19. The fourth-order valence-corrected chi connectivity index (χ4v) is 2.17. The first-order valence-corrected chi connectivity index (χ1v) is 7.74. The molecule has 8 heteroatoms. The van der Waals surface area contributed by atoms with Gasteiger partial charge in [0.05, 0.1) is 10.5 Å². The Morgan fingerprint density at radius 1 is 1.56 bits per heavy atom. The van der Waals surface area contributed by atoms with Gasteiger partial charge in [0, 0.05) is 45.1 Å². The van der Waals surface area contributed by atoms with E-state index in [4.69, 9.17) is 0 Å². The normalized spacial score (nSPS) is 11.9. The summed E-state index contributed by atoms with van der Waals surface area (Å²) in [6.45, 7) is 0.278. The highest BCUT2D eigenvalue weighted by molar-refractivity contribution is 14.1. The van der Waals surface area contributed by atoms with Gasteiger partial charge in [0.15, 0.2) is 0 Å². The number of nitro groups is 1. The van der Waals surface area contributed by atoms with Crippen LogP contribution in [0.25, 0.3) is 0 Å². The predicted molar refractivity (Wildman–Crippen MR) is 77.1 cm³/mol. The lowest BCUT2D eigenvalue weighted by Crippen LogP contribution is -2.28. The third-order valence-corrected chi connectivity index (χ3v) is 3.80. The summed E-state index contributed by atoms with van der Waals surface area (Å²) in [6, 6.07) is 4.10. The lowest BCUT2D eigenvalue weighted by Gasteiger charge is -2.05. The number of carbonyl (C=O) groups is 1. The van der Waals surface area contributed by atoms with Gasteiger partial charge < -0.3 is 5.32 Å². The van der Waals surface area contributed by atoms with Crippen molar-refractivity contribution in [3.05, 3.63) is 37.4 Å². The zero-order chi connectivity index (χ0) is 13.7. The number of non-ortho nitro benzene ring substituents is 1. The van der Waals surface area contributed by atoms with E-state index in [0.717, 1.165) is 0 Å². The number of hydrogen-bond acceptors (Lipinski definition) is 4. The van der Waals surface area contributed by atoms with Gasteiger partial charge >= 0.3 is 0 Å². The second-order valence-electron chi connectivity index (χ2n) is 3.45. The molecule has 98 valence electrons. The van der Waals surface area contributed by atoms with Crippen LogP contribution in [0.2, 0.25) is 0 Å². The lowest BCUT2D eigenvalue weighted by atomic mass is 10.2. The average Bonchev–Trinajstić information content (AvgIpc) is 2.28. The number of nitro benzene ring substituents is 1. The van der Waals surface area contributed by atoms with Crippen molar-refractivity contribution in [2.45, 2.75) is 0 Å². The minimum Gasteiger partial charge on any atom is -0.351 e. The first-order chi connectivity index (χ1) is 8.41. The number of nitrogens with one attached hydrogen (secondary N) is 1. The van der Waals surface area contributed by atoms with Gasteiger partial charge in [-0.05, 0) is 28.7 Å². The van der Waals surface area contributed by atoms with Crippen LogP contribution >= 0.6 is 22.6 Å². The lowest BCUT2D eigenvalue weighted by molar-refractivity contribution is -0.384. The van der Waals surface area contributed by atoms with Crippen LogP contribution in [0.3, 0.4) is 0 Å². The molecule has 0 aliphatic rings. The molecule has 1 N–H and O–H groups in total. The Balaban J connectivity index is 2.81. The molecule has 0 spiro atoms. The minimum atomic E-state index is -0.980. The SMILES string of the molecule is CS(=O)CCNC(=O)c1cc([N+](=O)[O-])ccc1I. The fourth-order valence-electron chi connectivity index (χ4n) is 1.20. The molecule has 0 saturated carbocycles. The van der Waals surface area contributed by atoms with E-state index in [0.29, 0.717) is 9.32 Å². The van der Waals surface area contributed by atoms with Crippen molar-refractivity contribution in [1.29, 1.82) is 0 Å². The van der Waals surface area contributed by atoms with Gasteiger partial charge in [-0.3, -0.25) is 19.1 Å². The zero-order valence-corrected chi connectivity index (χ0v) is 12.5. The third-order valence-electron chi connectivity index (χ3n) is 2.08. The van der Waals surface area contributed by atoms with E-state index >= 15 is 0 Å². The Morgan fingerprint density at radius 2 is 2.22 bits per heavy atom. The van der Waals surface area contributed by atoms with Crippen molar-refractivity contribution < 1.29 is 13.9 Å². The molecule has 1 aromatic carbocycles. The largest absolute Gasteiger partial charge is 0.351 e. The van der Waals surface area contributed by atoms with E-state index < -0.39 is 21.6 Å². The van der Waals surface area contributed by atoms with Gasteiger partial charge in [0.1, 0.15) is 0 Å². The van der Waals surface area contributed by atoms with Gasteiger partial charge in [0.2, 0.25) is 0 Å². The van der Waals surface area contributed by atoms with Crippen LogP contribution in [-0.2, 0) is 10.8 Å². The summed E-state index contributed by atoms with van der Waals surface area (Å²) < 4.78 is 11.5. The summed E-state index contributed by atoms with van der Waals surface area (Å²) in [7, 11) is -0.980. The molecule has 0 fully saturated rings. The summed E-state index contributed by atoms with van der Waals surface area (Å²) in [4.78, 5) is 21.9. The smallest absolute Gasteiger partial charge is 0.270 e. The molecule has 18 heavy (non-hydrogen) atoms. The molecule has 0 aliphatic heterocycles. The number of benzene rings is 1. The minimum absolute atomic E-state index is 0.125. The van der Waals surface area contributed by atoms with Gasteiger partial charge in [-0.2, -0.15) is 0 Å². The monoisotopic (exact) mass is 382 g/mol. The van der Waals surface area contributed by atoms with Crippen molar-refractivity contribution in [2.75, 3.05) is 18.6 Å². The summed E-state index contributed by atoms with van der Waals surface area (Å²) in [5.41, 5.74) is 0.131. The Kier molecular flexibility index (Phi) is 5.66. The summed E-state index contributed by atoms with van der Waals surface area (Å²) in [5, 5.41) is 13.2. The van der Waals surface area contributed by atoms with Crippen molar-refractivity contribution in [3.8, 4) is 0 Å². The predicted octanol–water partition coefficient (Wildman–Crippen LogP) is 1.31. The molecule has 0 radical (unpaired) electrons. The second kappa shape index (κ2) is 6.78. The Hall–Kier alpha value is -1.03. The van der Waals surface area contributed by atoms with Crippen LogP contribution in [0, 0.1) is 13.7 Å². The average molecular weight is 382 g/mol. The first-order valence-electron chi connectivity index (χ1n) is 4.94. The molecule has 1 atom stereocenters. The second-order valence-corrected chi connectivity index (χ2v) is 6.17. The topological polar surface area (TPSA) is 89.3 Å². The molecule has 0 heterocycles. The van der Waals surface area contributed by atoms with Crippen LogP contribution in [0.15, 0.2) is 18.2 Å². The third kappa shape index (κ3) is 4.33.